The Morgan fingerprint density at radius 2 is 1.92 bits per heavy atom. The fourth-order valence-electron chi connectivity index (χ4n) is 0.563. The van der Waals surface area contributed by atoms with E-state index < -0.39 is 10.5 Å². The third-order valence-corrected chi connectivity index (χ3v) is 1.40. The number of aromatic nitrogens is 2. The highest BCUT2D eigenvalue weighted by Gasteiger charge is 2.09. The summed E-state index contributed by atoms with van der Waals surface area (Å²) in [7, 11) is 0. The highest BCUT2D eigenvalue weighted by molar-refractivity contribution is 6.68. The van der Waals surface area contributed by atoms with Crippen LogP contribution in [0, 0.1) is 0 Å². The SMILES string of the molecule is O=C(Cl)c1ccnc(C(=O)Cl)n1. The molecule has 0 aliphatic carbocycles. The van der Waals surface area contributed by atoms with E-state index in [4.69, 9.17) is 23.2 Å². The molecule has 1 aromatic heterocycles. The number of hydrogen-bond donors (Lipinski definition) is 0. The Kier molecular flexibility index (Phi) is 2.73. The number of rotatable bonds is 2. The minimum Gasteiger partial charge on any atom is -0.274 e. The Morgan fingerprint density at radius 3 is 2.42 bits per heavy atom. The Labute approximate surface area is 77.5 Å². The van der Waals surface area contributed by atoms with Crippen LogP contribution < -0.4 is 0 Å². The van der Waals surface area contributed by atoms with E-state index in [1.165, 1.54) is 12.3 Å². The van der Waals surface area contributed by atoms with E-state index in [-0.39, 0.29) is 11.5 Å². The summed E-state index contributed by atoms with van der Waals surface area (Å²) in [5, 5.41) is -1.58. The van der Waals surface area contributed by atoms with Gasteiger partial charge in [0.1, 0.15) is 5.69 Å². The molecule has 6 heteroatoms. The van der Waals surface area contributed by atoms with Crippen LogP contribution in [0.1, 0.15) is 21.1 Å². The topological polar surface area (TPSA) is 59.9 Å². The van der Waals surface area contributed by atoms with Crippen molar-refractivity contribution in [3.8, 4) is 0 Å². The van der Waals surface area contributed by atoms with Crippen LogP contribution in [0.2, 0.25) is 0 Å². The smallest absolute Gasteiger partial charge is 0.274 e. The molecule has 0 spiro atoms. The standard InChI is InChI=1S/C6H2Cl2N2O2/c7-4(11)3-1-2-9-6(10-3)5(8)12/h1-2H. The molecule has 4 nitrogen and oxygen atoms in total. The van der Waals surface area contributed by atoms with E-state index in [0.29, 0.717) is 0 Å². The number of hydrogen-bond acceptors (Lipinski definition) is 4. The summed E-state index contributed by atoms with van der Waals surface area (Å²) in [5.41, 5.74) is -0.0457. The van der Waals surface area contributed by atoms with E-state index in [1.54, 1.807) is 0 Å². The van der Waals surface area contributed by atoms with Crippen molar-refractivity contribution in [2.24, 2.45) is 0 Å². The quantitative estimate of drug-likeness (QED) is 0.681. The maximum Gasteiger partial charge on any atom is 0.289 e. The van der Waals surface area contributed by atoms with E-state index in [2.05, 4.69) is 9.97 Å². The van der Waals surface area contributed by atoms with Crippen molar-refractivity contribution in [1.29, 1.82) is 0 Å². The van der Waals surface area contributed by atoms with Crippen molar-refractivity contribution in [1.82, 2.24) is 9.97 Å². The summed E-state index contributed by atoms with van der Waals surface area (Å²) in [4.78, 5) is 28.1. The van der Waals surface area contributed by atoms with Gasteiger partial charge < -0.3 is 0 Å². The van der Waals surface area contributed by atoms with Gasteiger partial charge in [-0.25, -0.2) is 9.97 Å². The predicted molar refractivity (Wildman–Crippen MR) is 42.4 cm³/mol. The van der Waals surface area contributed by atoms with Gasteiger partial charge in [-0.15, -0.1) is 0 Å². The maximum atomic E-state index is 10.5. The van der Waals surface area contributed by atoms with Crippen LogP contribution in [0.4, 0.5) is 0 Å². The molecule has 0 bridgehead atoms. The van der Waals surface area contributed by atoms with Crippen molar-refractivity contribution < 1.29 is 9.59 Å². The molecule has 0 aliphatic heterocycles. The summed E-state index contributed by atoms with van der Waals surface area (Å²) in [6.07, 6.45) is 1.23. The zero-order valence-corrected chi connectivity index (χ0v) is 7.13. The Hall–Kier alpha value is -1.00. The van der Waals surface area contributed by atoms with Crippen LogP contribution in [0.15, 0.2) is 12.3 Å². The molecule has 0 amide bonds. The summed E-state index contributed by atoms with van der Waals surface area (Å²) >= 11 is 10.2. The second kappa shape index (κ2) is 3.60. The molecular weight excluding hydrogens is 203 g/mol. The predicted octanol–water partition coefficient (Wildman–Crippen LogP) is 1.23. The second-order valence-electron chi connectivity index (χ2n) is 1.81. The lowest BCUT2D eigenvalue weighted by Gasteiger charge is -1.93. The van der Waals surface area contributed by atoms with Crippen LogP contribution in [0.25, 0.3) is 0 Å². The molecule has 0 aliphatic rings. The van der Waals surface area contributed by atoms with Gasteiger partial charge in [-0.2, -0.15) is 0 Å². The van der Waals surface area contributed by atoms with Gasteiger partial charge in [0.05, 0.1) is 0 Å². The summed E-state index contributed by atoms with van der Waals surface area (Å²) in [6, 6.07) is 1.29. The van der Waals surface area contributed by atoms with Crippen LogP contribution in [0.3, 0.4) is 0 Å². The van der Waals surface area contributed by atoms with E-state index in [1.807, 2.05) is 0 Å². The minimum absolute atomic E-state index is 0.0457. The lowest BCUT2D eigenvalue weighted by atomic mass is 10.4. The molecule has 0 saturated carbocycles. The molecule has 0 fully saturated rings. The van der Waals surface area contributed by atoms with Gasteiger partial charge in [-0.1, -0.05) is 0 Å². The molecule has 1 heterocycles. The van der Waals surface area contributed by atoms with Crippen LogP contribution >= 0.6 is 23.2 Å². The third-order valence-electron chi connectivity index (χ3n) is 1.03. The zero-order valence-electron chi connectivity index (χ0n) is 5.62. The third kappa shape index (κ3) is 1.99. The molecule has 62 valence electrons. The number of carbonyl (C=O) groups excluding carboxylic acids is 2. The summed E-state index contributed by atoms with van der Waals surface area (Å²) in [5.74, 6) is -0.233. The van der Waals surface area contributed by atoms with E-state index in [9.17, 15) is 9.59 Å². The van der Waals surface area contributed by atoms with E-state index >= 15 is 0 Å². The average molecular weight is 205 g/mol. The van der Waals surface area contributed by atoms with Gasteiger partial charge in [0.2, 0.25) is 5.82 Å². The number of carbonyl (C=O) groups is 2. The van der Waals surface area contributed by atoms with Gasteiger partial charge in [-0.05, 0) is 29.3 Å². The zero-order chi connectivity index (χ0) is 9.14. The molecule has 0 radical (unpaired) electrons. The van der Waals surface area contributed by atoms with Crippen LogP contribution in [-0.2, 0) is 0 Å². The fourth-order valence-corrected chi connectivity index (χ4v) is 0.759. The lowest BCUT2D eigenvalue weighted by molar-refractivity contribution is 0.107. The lowest BCUT2D eigenvalue weighted by Crippen LogP contribution is -2.03. The monoisotopic (exact) mass is 204 g/mol. The van der Waals surface area contributed by atoms with Gasteiger partial charge in [0.25, 0.3) is 10.5 Å². The van der Waals surface area contributed by atoms with Crippen molar-refractivity contribution >= 4 is 33.7 Å². The second-order valence-corrected chi connectivity index (χ2v) is 2.50. The number of nitrogens with zero attached hydrogens (tertiary/aromatic N) is 2. The summed E-state index contributed by atoms with van der Waals surface area (Å²) in [6.45, 7) is 0. The molecule has 1 rings (SSSR count). The van der Waals surface area contributed by atoms with Gasteiger partial charge in [0, 0.05) is 6.20 Å². The molecule has 0 saturated heterocycles. The average Bonchev–Trinajstić information content (AvgIpc) is 2.04. The van der Waals surface area contributed by atoms with Gasteiger partial charge >= 0.3 is 0 Å². The minimum atomic E-state index is -0.824. The first kappa shape index (κ1) is 9.09. The van der Waals surface area contributed by atoms with Gasteiger partial charge in [-0.3, -0.25) is 9.59 Å². The molecular formula is C6H2Cl2N2O2. The first-order valence-corrected chi connectivity index (χ1v) is 3.59. The molecule has 0 unspecified atom stereocenters. The van der Waals surface area contributed by atoms with Crippen LogP contribution in [0.5, 0.6) is 0 Å². The maximum absolute atomic E-state index is 10.5. The molecule has 0 atom stereocenters. The highest BCUT2D eigenvalue weighted by atomic mass is 35.5. The Balaban J connectivity index is 3.12. The Bertz CT molecular complexity index is 311. The highest BCUT2D eigenvalue weighted by Crippen LogP contribution is 2.01. The molecule has 0 N–H and O–H groups in total. The van der Waals surface area contributed by atoms with E-state index in [0.717, 1.165) is 0 Å². The molecule has 1 aromatic rings. The first-order chi connectivity index (χ1) is 5.61. The van der Waals surface area contributed by atoms with Gasteiger partial charge in [0.15, 0.2) is 0 Å². The van der Waals surface area contributed by atoms with Crippen molar-refractivity contribution in [3.63, 3.8) is 0 Å². The van der Waals surface area contributed by atoms with Crippen molar-refractivity contribution in [2.75, 3.05) is 0 Å². The van der Waals surface area contributed by atoms with Crippen molar-refractivity contribution in [2.45, 2.75) is 0 Å². The summed E-state index contributed by atoms with van der Waals surface area (Å²) < 4.78 is 0. The van der Waals surface area contributed by atoms with Crippen LogP contribution in [-0.4, -0.2) is 20.5 Å². The van der Waals surface area contributed by atoms with Crippen molar-refractivity contribution in [3.05, 3.63) is 23.8 Å². The normalized spacial score (nSPS) is 9.50. The number of halogens is 2. The fraction of sp³-hybridized carbons (Fsp3) is 0. The molecule has 0 aromatic carbocycles. The largest absolute Gasteiger partial charge is 0.289 e. The Morgan fingerprint density at radius 1 is 1.25 bits per heavy atom. The first-order valence-electron chi connectivity index (χ1n) is 2.84. The molecule has 12 heavy (non-hydrogen) atoms.